The number of nitrogens with one attached hydrogen (secondary N) is 1. The second-order valence-electron chi connectivity index (χ2n) is 3.29. The molecule has 16 heavy (non-hydrogen) atoms. The number of aromatic nitrogens is 1. The molecule has 2 aromatic rings. The maximum atomic E-state index is 12.3. The Morgan fingerprint density at radius 3 is 2.50 bits per heavy atom. The highest BCUT2D eigenvalue weighted by Gasteiger charge is 2.32. The van der Waals surface area contributed by atoms with Crippen LogP contribution in [0.2, 0.25) is 0 Å². The van der Waals surface area contributed by atoms with Crippen molar-refractivity contribution >= 4 is 16.9 Å². The molecule has 2 N–H and O–H groups in total. The van der Waals surface area contributed by atoms with E-state index in [2.05, 4.69) is 4.98 Å². The van der Waals surface area contributed by atoms with Gasteiger partial charge in [0.2, 0.25) is 0 Å². The molecule has 0 unspecified atom stereocenters. The van der Waals surface area contributed by atoms with E-state index < -0.39 is 17.8 Å². The van der Waals surface area contributed by atoms with E-state index in [1.54, 1.807) is 0 Å². The molecule has 0 amide bonds. The second-order valence-corrected chi connectivity index (χ2v) is 3.29. The van der Waals surface area contributed by atoms with Gasteiger partial charge >= 0.3 is 12.1 Å². The number of hydrogen-bond acceptors (Lipinski definition) is 1. The molecule has 0 atom stereocenters. The van der Waals surface area contributed by atoms with E-state index in [1.807, 2.05) is 0 Å². The summed E-state index contributed by atoms with van der Waals surface area (Å²) in [6.45, 7) is 0. The molecule has 0 spiro atoms. The molecule has 6 heteroatoms. The van der Waals surface area contributed by atoms with Gasteiger partial charge in [-0.15, -0.1) is 0 Å². The summed E-state index contributed by atoms with van der Waals surface area (Å²) in [5, 5.41) is 8.91. The van der Waals surface area contributed by atoms with Crippen LogP contribution >= 0.6 is 0 Å². The first kappa shape index (κ1) is 10.5. The zero-order chi connectivity index (χ0) is 11.9. The lowest BCUT2D eigenvalue weighted by atomic mass is 10.1. The number of hydrogen-bond donors (Lipinski definition) is 2. The summed E-state index contributed by atoms with van der Waals surface area (Å²) in [6.07, 6.45) is -4.46. The SMILES string of the molecule is O=C(O)c1ccc2[nH]c(C(F)(F)F)cc2c1. The van der Waals surface area contributed by atoms with Crippen molar-refractivity contribution in [2.75, 3.05) is 0 Å². The summed E-state index contributed by atoms with van der Waals surface area (Å²) in [4.78, 5) is 12.8. The molecule has 3 nitrogen and oxygen atoms in total. The van der Waals surface area contributed by atoms with Crippen molar-refractivity contribution in [2.45, 2.75) is 6.18 Å². The first-order valence-electron chi connectivity index (χ1n) is 4.31. The van der Waals surface area contributed by atoms with Crippen LogP contribution in [-0.2, 0) is 6.18 Å². The molecule has 0 fully saturated rings. The molecule has 0 aliphatic heterocycles. The summed E-state index contributed by atoms with van der Waals surface area (Å²) in [5.74, 6) is -1.17. The van der Waals surface area contributed by atoms with Crippen molar-refractivity contribution in [2.24, 2.45) is 0 Å². The number of aromatic carboxylic acids is 1. The van der Waals surface area contributed by atoms with Gasteiger partial charge in [-0.05, 0) is 24.3 Å². The van der Waals surface area contributed by atoms with E-state index in [9.17, 15) is 18.0 Å². The molecule has 84 valence electrons. The van der Waals surface area contributed by atoms with Crippen molar-refractivity contribution in [1.82, 2.24) is 4.98 Å². The topological polar surface area (TPSA) is 53.1 Å². The molecular weight excluding hydrogens is 223 g/mol. The van der Waals surface area contributed by atoms with Crippen LogP contribution in [0.3, 0.4) is 0 Å². The third-order valence-corrected chi connectivity index (χ3v) is 2.17. The molecule has 1 aromatic heterocycles. The first-order valence-corrected chi connectivity index (χ1v) is 4.31. The number of alkyl halides is 3. The molecule has 0 bridgehead atoms. The summed E-state index contributed by atoms with van der Waals surface area (Å²) < 4.78 is 37.0. The number of carboxylic acids is 1. The summed E-state index contributed by atoms with van der Waals surface area (Å²) in [6, 6.07) is 4.65. The predicted molar refractivity (Wildman–Crippen MR) is 50.3 cm³/mol. The molecule has 0 aliphatic carbocycles. The van der Waals surface area contributed by atoms with E-state index >= 15 is 0 Å². The average Bonchev–Trinajstić information content (AvgIpc) is 2.58. The molecule has 1 heterocycles. The van der Waals surface area contributed by atoms with Crippen LogP contribution in [-0.4, -0.2) is 16.1 Å². The van der Waals surface area contributed by atoms with Gasteiger partial charge in [0.05, 0.1) is 5.56 Å². The minimum absolute atomic E-state index is 0.0415. The lowest BCUT2D eigenvalue weighted by Gasteiger charge is -2.00. The lowest BCUT2D eigenvalue weighted by molar-refractivity contribution is -0.140. The van der Waals surface area contributed by atoms with Gasteiger partial charge in [0, 0.05) is 10.9 Å². The Morgan fingerprint density at radius 1 is 1.25 bits per heavy atom. The van der Waals surface area contributed by atoms with Crippen LogP contribution < -0.4 is 0 Å². The van der Waals surface area contributed by atoms with Gasteiger partial charge in [0.1, 0.15) is 5.69 Å². The van der Waals surface area contributed by atoms with Gasteiger partial charge < -0.3 is 10.1 Å². The standard InChI is InChI=1S/C10H6F3NO2/c11-10(12,13)8-4-6-3-5(9(15)16)1-2-7(6)14-8/h1-4,14H,(H,15,16). The van der Waals surface area contributed by atoms with Gasteiger partial charge in [-0.2, -0.15) is 13.2 Å². The molecule has 1 aromatic carbocycles. The highest BCUT2D eigenvalue weighted by atomic mass is 19.4. The lowest BCUT2D eigenvalue weighted by Crippen LogP contribution is -2.04. The van der Waals surface area contributed by atoms with Crippen molar-refractivity contribution in [1.29, 1.82) is 0 Å². The molecule has 0 saturated carbocycles. The van der Waals surface area contributed by atoms with Crippen LogP contribution in [0.5, 0.6) is 0 Å². The van der Waals surface area contributed by atoms with Gasteiger partial charge in [0.25, 0.3) is 0 Å². The van der Waals surface area contributed by atoms with Crippen molar-refractivity contribution in [3.63, 3.8) is 0 Å². The van der Waals surface area contributed by atoms with E-state index in [4.69, 9.17) is 5.11 Å². The highest BCUT2D eigenvalue weighted by Crippen LogP contribution is 2.31. The van der Waals surface area contributed by atoms with Crippen molar-refractivity contribution < 1.29 is 23.1 Å². The molecule has 0 saturated heterocycles. The molecule has 0 aliphatic rings. The second kappa shape index (κ2) is 3.26. The minimum Gasteiger partial charge on any atom is -0.478 e. The number of H-pyrrole nitrogens is 1. The summed E-state index contributed by atoms with van der Waals surface area (Å²) in [5.41, 5.74) is -0.664. The quantitative estimate of drug-likeness (QED) is 0.789. The van der Waals surface area contributed by atoms with Crippen molar-refractivity contribution in [3.05, 3.63) is 35.5 Å². The smallest absolute Gasteiger partial charge is 0.431 e. The maximum Gasteiger partial charge on any atom is 0.431 e. The Labute approximate surface area is 87.5 Å². The number of aromatic amines is 1. The van der Waals surface area contributed by atoms with E-state index in [1.165, 1.54) is 18.2 Å². The minimum atomic E-state index is -4.46. The van der Waals surface area contributed by atoms with Gasteiger partial charge in [0.15, 0.2) is 0 Å². The zero-order valence-electron chi connectivity index (χ0n) is 7.80. The fraction of sp³-hybridized carbons (Fsp3) is 0.100. The molecule has 0 radical (unpaired) electrons. The van der Waals surface area contributed by atoms with Gasteiger partial charge in [-0.1, -0.05) is 0 Å². The van der Waals surface area contributed by atoms with Gasteiger partial charge in [-0.25, -0.2) is 4.79 Å². The van der Waals surface area contributed by atoms with Crippen LogP contribution in [0.1, 0.15) is 16.1 Å². The third kappa shape index (κ3) is 1.73. The number of carbonyl (C=O) groups is 1. The predicted octanol–water partition coefficient (Wildman–Crippen LogP) is 2.88. The Kier molecular flexibility index (Phi) is 2.15. The number of rotatable bonds is 1. The van der Waals surface area contributed by atoms with Crippen molar-refractivity contribution in [3.8, 4) is 0 Å². The maximum absolute atomic E-state index is 12.3. The Hall–Kier alpha value is -1.98. The van der Waals surface area contributed by atoms with Gasteiger partial charge in [-0.3, -0.25) is 0 Å². The van der Waals surface area contributed by atoms with E-state index in [0.717, 1.165) is 6.07 Å². The van der Waals surface area contributed by atoms with E-state index in [-0.39, 0.29) is 16.5 Å². The first-order chi connectivity index (χ1) is 7.38. The fourth-order valence-electron chi connectivity index (χ4n) is 1.42. The normalized spacial score (nSPS) is 11.9. The van der Waals surface area contributed by atoms with Crippen LogP contribution in [0.25, 0.3) is 10.9 Å². The number of carboxylic acid groups (broad SMARTS) is 1. The fourth-order valence-corrected chi connectivity index (χ4v) is 1.42. The molecular formula is C10H6F3NO2. The third-order valence-electron chi connectivity index (χ3n) is 2.17. The Morgan fingerprint density at radius 2 is 1.94 bits per heavy atom. The Balaban J connectivity index is 2.59. The number of fused-ring (bicyclic) bond motifs is 1. The zero-order valence-corrected chi connectivity index (χ0v) is 7.80. The number of halogens is 3. The molecule has 2 rings (SSSR count). The largest absolute Gasteiger partial charge is 0.478 e. The summed E-state index contributed by atoms with van der Waals surface area (Å²) in [7, 11) is 0. The average molecular weight is 229 g/mol. The highest BCUT2D eigenvalue weighted by molar-refractivity contribution is 5.93. The van der Waals surface area contributed by atoms with Crippen LogP contribution in [0.15, 0.2) is 24.3 Å². The monoisotopic (exact) mass is 229 g/mol. The van der Waals surface area contributed by atoms with Crippen LogP contribution in [0.4, 0.5) is 13.2 Å². The van der Waals surface area contributed by atoms with Crippen LogP contribution in [0, 0.1) is 0 Å². The summed E-state index contributed by atoms with van der Waals surface area (Å²) >= 11 is 0. The Bertz CT molecular complexity index is 557. The number of benzene rings is 1. The van der Waals surface area contributed by atoms with E-state index in [0.29, 0.717) is 0 Å².